The van der Waals surface area contributed by atoms with Crippen LogP contribution in [-0.2, 0) is 9.84 Å². The summed E-state index contributed by atoms with van der Waals surface area (Å²) in [5, 5.41) is 0.700. The molecule has 0 bridgehead atoms. The Hall–Kier alpha value is -0.580. The minimum atomic E-state index is -2.91. The normalized spacial score (nSPS) is 13.9. The highest BCUT2D eigenvalue weighted by Gasteiger charge is 2.13. The molecule has 0 spiro atoms. The maximum Gasteiger partial charge on any atom is 0.148 e. The zero-order valence-electron chi connectivity index (χ0n) is 10.4. The van der Waals surface area contributed by atoms with E-state index in [9.17, 15) is 8.42 Å². The Morgan fingerprint density at radius 1 is 1.41 bits per heavy atom. The summed E-state index contributed by atoms with van der Waals surface area (Å²) in [6.45, 7) is 2.56. The van der Waals surface area contributed by atoms with E-state index in [1.165, 1.54) is 6.26 Å². The van der Waals surface area contributed by atoms with Gasteiger partial charge in [0, 0.05) is 23.9 Å². The molecule has 0 aromatic heterocycles. The lowest BCUT2D eigenvalue weighted by Crippen LogP contribution is -2.28. The molecule has 0 radical (unpaired) electrons. The minimum absolute atomic E-state index is 0.149. The molecule has 1 aromatic carbocycles. The molecule has 1 rings (SSSR count). The van der Waals surface area contributed by atoms with Crippen molar-refractivity contribution in [1.82, 2.24) is 4.90 Å². The number of benzene rings is 1. The third kappa shape index (κ3) is 5.06. The van der Waals surface area contributed by atoms with Gasteiger partial charge in [0.05, 0.1) is 5.75 Å². The average molecular weight is 276 g/mol. The van der Waals surface area contributed by atoms with E-state index in [-0.39, 0.29) is 11.8 Å². The quantitative estimate of drug-likeness (QED) is 0.828. The summed E-state index contributed by atoms with van der Waals surface area (Å²) < 4.78 is 22.2. The number of rotatable bonds is 5. The number of halogens is 1. The van der Waals surface area contributed by atoms with Gasteiger partial charge in [0.2, 0.25) is 0 Å². The van der Waals surface area contributed by atoms with Crippen molar-refractivity contribution >= 4 is 21.4 Å². The van der Waals surface area contributed by atoms with Gasteiger partial charge in [0.25, 0.3) is 0 Å². The van der Waals surface area contributed by atoms with Gasteiger partial charge in [0.1, 0.15) is 9.84 Å². The fourth-order valence-electron chi connectivity index (χ4n) is 1.52. The van der Waals surface area contributed by atoms with Crippen LogP contribution in [0.4, 0.5) is 0 Å². The number of sulfone groups is 1. The molecule has 0 heterocycles. The van der Waals surface area contributed by atoms with Crippen molar-refractivity contribution in [2.45, 2.75) is 13.0 Å². The first kappa shape index (κ1) is 14.5. The van der Waals surface area contributed by atoms with Crippen LogP contribution in [0.2, 0.25) is 5.02 Å². The Balaban J connectivity index is 2.67. The van der Waals surface area contributed by atoms with Gasteiger partial charge < -0.3 is 0 Å². The highest BCUT2D eigenvalue weighted by Crippen LogP contribution is 2.21. The summed E-state index contributed by atoms with van der Waals surface area (Å²) in [6.07, 6.45) is 1.25. The van der Waals surface area contributed by atoms with Crippen LogP contribution in [0.15, 0.2) is 24.3 Å². The van der Waals surface area contributed by atoms with Gasteiger partial charge >= 0.3 is 0 Å². The topological polar surface area (TPSA) is 37.4 Å². The van der Waals surface area contributed by atoms with Gasteiger partial charge in [-0.3, -0.25) is 4.90 Å². The average Bonchev–Trinajstić information content (AvgIpc) is 2.24. The summed E-state index contributed by atoms with van der Waals surface area (Å²) in [5.41, 5.74) is 1.09. The summed E-state index contributed by atoms with van der Waals surface area (Å²) in [6, 6.07) is 7.78. The van der Waals surface area contributed by atoms with Crippen LogP contribution in [0.5, 0.6) is 0 Å². The molecule has 0 unspecified atom stereocenters. The summed E-state index contributed by atoms with van der Waals surface area (Å²) in [7, 11) is -0.997. The molecule has 0 amide bonds. The van der Waals surface area contributed by atoms with Gasteiger partial charge in [-0.2, -0.15) is 0 Å². The molecule has 0 saturated heterocycles. The molecule has 0 N–H and O–H groups in total. The molecule has 96 valence electrons. The van der Waals surface area contributed by atoms with Crippen molar-refractivity contribution in [3.8, 4) is 0 Å². The molecule has 3 nitrogen and oxygen atoms in total. The van der Waals surface area contributed by atoms with E-state index < -0.39 is 9.84 Å². The number of hydrogen-bond donors (Lipinski definition) is 0. The first-order chi connectivity index (χ1) is 7.79. The fourth-order valence-corrected chi connectivity index (χ4v) is 2.34. The number of nitrogens with zero attached hydrogens (tertiary/aromatic N) is 1. The monoisotopic (exact) mass is 275 g/mol. The van der Waals surface area contributed by atoms with Crippen LogP contribution >= 0.6 is 11.6 Å². The Bertz CT molecular complexity index is 473. The molecule has 0 saturated carbocycles. The van der Waals surface area contributed by atoms with Crippen LogP contribution in [0.3, 0.4) is 0 Å². The van der Waals surface area contributed by atoms with Crippen LogP contribution < -0.4 is 0 Å². The van der Waals surface area contributed by atoms with Gasteiger partial charge in [-0.15, -0.1) is 0 Å². The summed E-state index contributed by atoms with van der Waals surface area (Å²) in [5.74, 6) is 0.175. The van der Waals surface area contributed by atoms with Crippen LogP contribution in [0.1, 0.15) is 18.5 Å². The van der Waals surface area contributed by atoms with Crippen molar-refractivity contribution in [2.75, 3.05) is 25.6 Å². The Kier molecular flexibility index (Phi) is 4.98. The van der Waals surface area contributed by atoms with Gasteiger partial charge in [0.15, 0.2) is 0 Å². The van der Waals surface area contributed by atoms with Crippen LogP contribution in [0, 0.1) is 0 Å². The maximum atomic E-state index is 11.1. The van der Waals surface area contributed by atoms with Gasteiger partial charge in [-0.05, 0) is 31.7 Å². The Morgan fingerprint density at radius 3 is 2.59 bits per heavy atom. The second-order valence-corrected chi connectivity index (χ2v) is 7.04. The lowest BCUT2D eigenvalue weighted by Gasteiger charge is -2.24. The third-order valence-corrected chi connectivity index (χ3v) is 3.97. The molecule has 0 aliphatic heterocycles. The molecular formula is C12H18ClNO2S. The molecule has 17 heavy (non-hydrogen) atoms. The zero-order chi connectivity index (χ0) is 13.1. The maximum absolute atomic E-state index is 11.1. The van der Waals surface area contributed by atoms with Crippen molar-refractivity contribution in [2.24, 2.45) is 0 Å². The summed E-state index contributed by atoms with van der Waals surface area (Å²) in [4.78, 5) is 2.01. The van der Waals surface area contributed by atoms with Crippen LogP contribution in [-0.4, -0.2) is 38.9 Å². The van der Waals surface area contributed by atoms with E-state index in [2.05, 4.69) is 0 Å². The first-order valence-corrected chi connectivity index (χ1v) is 7.87. The van der Waals surface area contributed by atoms with Crippen LogP contribution in [0.25, 0.3) is 0 Å². The molecule has 0 aliphatic carbocycles. The first-order valence-electron chi connectivity index (χ1n) is 5.43. The van der Waals surface area contributed by atoms with E-state index in [1.807, 2.05) is 43.1 Å². The van der Waals surface area contributed by atoms with Crippen molar-refractivity contribution in [1.29, 1.82) is 0 Å². The molecule has 5 heteroatoms. The minimum Gasteiger partial charge on any atom is -0.299 e. The molecule has 0 aliphatic rings. The van der Waals surface area contributed by atoms with Crippen molar-refractivity contribution in [3.05, 3.63) is 34.9 Å². The SMILES string of the molecule is C[C@@H](c1cccc(Cl)c1)N(C)CCS(C)(=O)=O. The molecule has 1 atom stereocenters. The molecule has 0 fully saturated rings. The lowest BCUT2D eigenvalue weighted by molar-refractivity contribution is 0.277. The molecule has 1 aromatic rings. The van der Waals surface area contributed by atoms with Crippen molar-refractivity contribution < 1.29 is 8.42 Å². The Labute approximate surface area is 108 Å². The van der Waals surface area contributed by atoms with E-state index >= 15 is 0 Å². The zero-order valence-corrected chi connectivity index (χ0v) is 11.9. The third-order valence-electron chi connectivity index (χ3n) is 2.81. The van der Waals surface area contributed by atoms with E-state index in [4.69, 9.17) is 11.6 Å². The molecular weight excluding hydrogens is 258 g/mol. The predicted molar refractivity (Wildman–Crippen MR) is 72.2 cm³/mol. The second kappa shape index (κ2) is 5.85. The summed E-state index contributed by atoms with van der Waals surface area (Å²) >= 11 is 5.93. The van der Waals surface area contributed by atoms with Crippen molar-refractivity contribution in [3.63, 3.8) is 0 Å². The Morgan fingerprint density at radius 2 is 2.06 bits per heavy atom. The lowest BCUT2D eigenvalue weighted by atomic mass is 10.1. The van der Waals surface area contributed by atoms with E-state index in [1.54, 1.807) is 0 Å². The largest absolute Gasteiger partial charge is 0.299 e. The van der Waals surface area contributed by atoms with E-state index in [0.29, 0.717) is 11.6 Å². The smallest absolute Gasteiger partial charge is 0.148 e. The predicted octanol–water partition coefficient (Wildman–Crippen LogP) is 2.38. The highest BCUT2D eigenvalue weighted by atomic mass is 35.5. The van der Waals surface area contributed by atoms with E-state index in [0.717, 1.165) is 5.56 Å². The second-order valence-electron chi connectivity index (χ2n) is 4.34. The highest BCUT2D eigenvalue weighted by molar-refractivity contribution is 7.90. The van der Waals surface area contributed by atoms with Gasteiger partial charge in [-0.1, -0.05) is 23.7 Å². The number of hydrogen-bond acceptors (Lipinski definition) is 3. The fraction of sp³-hybridized carbons (Fsp3) is 0.500. The van der Waals surface area contributed by atoms with Gasteiger partial charge in [-0.25, -0.2) is 8.42 Å². The standard InChI is InChI=1S/C12H18ClNO2S/c1-10(11-5-4-6-12(13)9-11)14(2)7-8-17(3,15)16/h4-6,9-10H,7-8H2,1-3H3/t10-/m0/s1.